The molecule has 0 radical (unpaired) electrons. The highest BCUT2D eigenvalue weighted by atomic mass is 35.5. The number of amides is 1. The second kappa shape index (κ2) is 11.8. The minimum atomic E-state index is -0.844. The Morgan fingerprint density at radius 1 is 1.10 bits per heavy atom. The van der Waals surface area contributed by atoms with Crippen molar-refractivity contribution in [1.29, 1.82) is 0 Å². The molecule has 4 saturated heterocycles. The first-order valence-corrected chi connectivity index (χ1v) is 17.7. The third kappa shape index (κ3) is 5.66. The Morgan fingerprint density at radius 2 is 1.90 bits per heavy atom. The van der Waals surface area contributed by atoms with Crippen molar-refractivity contribution in [3.05, 3.63) is 46.6 Å². The number of ether oxygens (including phenoxy) is 2. The van der Waals surface area contributed by atoms with Crippen LogP contribution in [0.25, 0.3) is 10.8 Å². The molecule has 0 aliphatic carbocycles. The number of hydrogen-bond acceptors (Lipinski definition) is 9. The normalized spacial score (nSPS) is 27.0. The summed E-state index contributed by atoms with van der Waals surface area (Å²) in [6.07, 6.45) is 3.84. The van der Waals surface area contributed by atoms with Gasteiger partial charge in [-0.3, -0.25) is 9.80 Å². The van der Waals surface area contributed by atoms with E-state index in [0.29, 0.717) is 63.2 Å². The maximum Gasteiger partial charge on any atom is 0.410 e. The molecule has 2 aromatic carbocycles. The number of carbonyl (C=O) groups is 1. The predicted octanol–water partition coefficient (Wildman–Crippen LogP) is 6.09. The Morgan fingerprint density at radius 3 is 2.67 bits per heavy atom. The lowest BCUT2D eigenvalue weighted by Crippen LogP contribution is -2.57. The van der Waals surface area contributed by atoms with E-state index in [2.05, 4.69) is 14.7 Å². The molecule has 0 saturated carbocycles. The van der Waals surface area contributed by atoms with E-state index in [1.807, 2.05) is 43.9 Å². The Bertz CT molecular complexity index is 1740. The van der Waals surface area contributed by atoms with Crippen LogP contribution in [0.3, 0.4) is 0 Å². The standard InChI is InChI=1S/C36H44ClFN6O4/c1-35(2,3)48-34(46)44-24-8-9-25(44)19-42(18-24)32-27-10-13-41(30-15-26(45)14-22-6-4-7-28(37)31(22)30)20-29(27)39-33(40-32)47-21-36-11-5-12-43(36)17-23(38)16-36/h4,6-7,14-15,23-25,45H,5,8-13,16-21H2,1-3H3/t23-,24?,25?,36+/m1/s1. The van der Waals surface area contributed by atoms with E-state index in [1.165, 1.54) is 0 Å². The second-order valence-electron chi connectivity index (χ2n) is 15.3. The van der Waals surface area contributed by atoms with Crippen LogP contribution in [-0.4, -0.2) is 99.7 Å². The van der Waals surface area contributed by atoms with Gasteiger partial charge in [0, 0.05) is 49.6 Å². The largest absolute Gasteiger partial charge is 0.508 e. The molecule has 1 amide bonds. The molecular weight excluding hydrogens is 635 g/mol. The van der Waals surface area contributed by atoms with E-state index in [9.17, 15) is 14.3 Å². The quantitative estimate of drug-likeness (QED) is 0.344. The maximum absolute atomic E-state index is 14.6. The number of hydrogen-bond donors (Lipinski definition) is 1. The molecule has 12 heteroatoms. The second-order valence-corrected chi connectivity index (χ2v) is 15.7. The number of fused-ring (bicyclic) bond motifs is 5. The monoisotopic (exact) mass is 678 g/mol. The Hall–Kier alpha value is -3.57. The van der Waals surface area contributed by atoms with Crippen molar-refractivity contribution in [2.75, 3.05) is 49.1 Å². The van der Waals surface area contributed by atoms with Gasteiger partial charge >= 0.3 is 12.1 Å². The lowest BCUT2D eigenvalue weighted by atomic mass is 9.95. The first kappa shape index (κ1) is 31.7. The van der Waals surface area contributed by atoms with Crippen LogP contribution in [0.5, 0.6) is 11.8 Å². The van der Waals surface area contributed by atoms with E-state index in [-0.39, 0.29) is 29.5 Å². The molecular formula is C36H44ClFN6O4. The number of benzene rings is 2. The molecule has 5 aliphatic heterocycles. The molecule has 10 nitrogen and oxygen atoms in total. The number of aromatic hydroxyl groups is 1. The zero-order valence-corrected chi connectivity index (χ0v) is 28.7. The SMILES string of the molecule is CC(C)(C)OC(=O)N1C2CCC1CN(c1nc(OC[C@@]34CCCN3C[C@H](F)C4)nc3c1CCN(c1cc(O)cc4cccc(Cl)c14)C3)C2. The molecule has 256 valence electrons. The lowest BCUT2D eigenvalue weighted by Gasteiger charge is -2.43. The summed E-state index contributed by atoms with van der Waals surface area (Å²) in [5.74, 6) is 1.03. The van der Waals surface area contributed by atoms with Crippen LogP contribution in [0, 0.1) is 0 Å². The summed E-state index contributed by atoms with van der Waals surface area (Å²) in [5, 5.41) is 13.0. The van der Waals surface area contributed by atoms with Gasteiger partial charge in [0.05, 0.1) is 40.6 Å². The van der Waals surface area contributed by atoms with Crippen molar-refractivity contribution in [1.82, 2.24) is 19.8 Å². The predicted molar refractivity (Wildman–Crippen MR) is 183 cm³/mol. The van der Waals surface area contributed by atoms with Crippen LogP contribution in [0.2, 0.25) is 5.02 Å². The van der Waals surface area contributed by atoms with Gasteiger partial charge in [0.15, 0.2) is 0 Å². The number of alkyl halides is 1. The number of halogens is 2. The highest BCUT2D eigenvalue weighted by molar-refractivity contribution is 6.36. The molecule has 0 spiro atoms. The highest BCUT2D eigenvalue weighted by Crippen LogP contribution is 2.43. The van der Waals surface area contributed by atoms with Gasteiger partial charge in [-0.2, -0.15) is 9.97 Å². The molecule has 48 heavy (non-hydrogen) atoms. The molecule has 4 atom stereocenters. The molecule has 5 aliphatic rings. The number of aromatic nitrogens is 2. The number of phenolic OH excluding ortho intramolecular Hbond substituents is 1. The first-order valence-electron chi connectivity index (χ1n) is 17.3. The number of piperazine rings is 1. The number of carbonyl (C=O) groups excluding carboxylic acids is 1. The first-order chi connectivity index (χ1) is 23.0. The molecule has 3 aromatic rings. The topological polar surface area (TPSA) is 94.5 Å². The third-order valence-electron chi connectivity index (χ3n) is 10.9. The summed E-state index contributed by atoms with van der Waals surface area (Å²) < 4.78 is 26.8. The van der Waals surface area contributed by atoms with Gasteiger partial charge in [-0.15, -0.1) is 0 Å². The van der Waals surface area contributed by atoms with Gasteiger partial charge in [-0.05, 0) is 76.9 Å². The zero-order valence-electron chi connectivity index (χ0n) is 27.9. The van der Waals surface area contributed by atoms with Gasteiger partial charge in [-0.1, -0.05) is 23.7 Å². The molecule has 2 bridgehead atoms. The fourth-order valence-electron chi connectivity index (χ4n) is 8.85. The van der Waals surface area contributed by atoms with Crippen molar-refractivity contribution in [3.63, 3.8) is 0 Å². The van der Waals surface area contributed by atoms with Crippen LogP contribution >= 0.6 is 11.6 Å². The van der Waals surface area contributed by atoms with E-state index in [4.69, 9.17) is 31.0 Å². The van der Waals surface area contributed by atoms with E-state index < -0.39 is 11.8 Å². The van der Waals surface area contributed by atoms with Crippen LogP contribution in [0.4, 0.5) is 20.7 Å². The average molecular weight is 679 g/mol. The Labute approximate surface area is 285 Å². The van der Waals surface area contributed by atoms with E-state index >= 15 is 0 Å². The minimum Gasteiger partial charge on any atom is -0.508 e. The Balaban J connectivity index is 1.13. The smallest absolute Gasteiger partial charge is 0.410 e. The van der Waals surface area contributed by atoms with Gasteiger partial charge in [-0.25, -0.2) is 9.18 Å². The highest BCUT2D eigenvalue weighted by Gasteiger charge is 2.50. The average Bonchev–Trinajstić information content (AvgIpc) is 3.65. The minimum absolute atomic E-state index is 0.0281. The van der Waals surface area contributed by atoms with Crippen molar-refractivity contribution >= 4 is 40.0 Å². The van der Waals surface area contributed by atoms with Crippen molar-refractivity contribution in [2.45, 2.75) is 95.2 Å². The summed E-state index contributed by atoms with van der Waals surface area (Å²) in [4.78, 5) is 32.0. The van der Waals surface area contributed by atoms with Crippen LogP contribution in [0.1, 0.15) is 64.1 Å². The molecule has 1 N–H and O–H groups in total. The number of anilines is 2. The van der Waals surface area contributed by atoms with Gasteiger partial charge < -0.3 is 24.4 Å². The van der Waals surface area contributed by atoms with Crippen molar-refractivity contribution in [2.24, 2.45) is 0 Å². The van der Waals surface area contributed by atoms with E-state index in [1.54, 1.807) is 12.1 Å². The number of rotatable bonds is 5. The molecule has 4 fully saturated rings. The van der Waals surface area contributed by atoms with Gasteiger partial charge in [0.2, 0.25) is 0 Å². The zero-order chi connectivity index (χ0) is 33.4. The maximum atomic E-state index is 14.6. The summed E-state index contributed by atoms with van der Waals surface area (Å²) in [6, 6.07) is 9.58. The fraction of sp³-hybridized carbons (Fsp3) is 0.583. The van der Waals surface area contributed by atoms with Gasteiger partial charge in [0.1, 0.15) is 29.9 Å². The van der Waals surface area contributed by atoms with Crippen molar-refractivity contribution < 1.29 is 23.8 Å². The summed E-state index contributed by atoms with van der Waals surface area (Å²) in [5.41, 5.74) is 1.92. The van der Waals surface area contributed by atoms with Gasteiger partial charge in [0.25, 0.3) is 0 Å². The van der Waals surface area contributed by atoms with Crippen LogP contribution in [-0.2, 0) is 17.7 Å². The lowest BCUT2D eigenvalue weighted by molar-refractivity contribution is 0.0122. The Kier molecular flexibility index (Phi) is 7.78. The van der Waals surface area contributed by atoms with Crippen LogP contribution < -0.4 is 14.5 Å². The van der Waals surface area contributed by atoms with Crippen LogP contribution in [0.15, 0.2) is 30.3 Å². The molecule has 6 heterocycles. The summed E-state index contributed by atoms with van der Waals surface area (Å²) in [7, 11) is 0. The summed E-state index contributed by atoms with van der Waals surface area (Å²) >= 11 is 6.72. The number of nitrogens with zero attached hydrogens (tertiary/aromatic N) is 6. The third-order valence-corrected chi connectivity index (χ3v) is 11.2. The number of phenols is 1. The summed E-state index contributed by atoms with van der Waals surface area (Å²) in [6.45, 7) is 9.87. The molecule has 2 unspecified atom stereocenters. The van der Waals surface area contributed by atoms with E-state index in [0.717, 1.165) is 65.8 Å². The fourth-order valence-corrected chi connectivity index (χ4v) is 9.13. The molecule has 1 aromatic heterocycles. The molecule has 8 rings (SSSR count). The van der Waals surface area contributed by atoms with Crippen molar-refractivity contribution in [3.8, 4) is 11.8 Å².